The number of nitrogens with two attached hydrogens (primary N) is 1. The molecule has 1 unspecified atom stereocenters. The largest absolute Gasteiger partial charge is 0.383 e. The van der Waals surface area contributed by atoms with Crippen LogP contribution in [0.15, 0.2) is 11.1 Å². The highest BCUT2D eigenvalue weighted by molar-refractivity contribution is 7.89. The molecule has 1 aliphatic heterocycles. The third kappa shape index (κ3) is 2.14. The molecule has 1 aromatic rings. The lowest BCUT2D eigenvalue weighted by Gasteiger charge is -2.28. The molecule has 2 fully saturated rings. The number of H-pyrrole nitrogens is 1. The van der Waals surface area contributed by atoms with Crippen molar-refractivity contribution in [2.45, 2.75) is 49.5 Å². The van der Waals surface area contributed by atoms with Gasteiger partial charge in [-0.05, 0) is 31.6 Å². The van der Waals surface area contributed by atoms with Gasteiger partial charge in [0.2, 0.25) is 10.0 Å². The molecule has 1 aromatic heterocycles. The van der Waals surface area contributed by atoms with E-state index in [9.17, 15) is 8.42 Å². The topological polar surface area (TPSA) is 92.1 Å². The molecule has 3 rings (SSSR count). The van der Waals surface area contributed by atoms with E-state index < -0.39 is 10.0 Å². The van der Waals surface area contributed by atoms with Crippen LogP contribution in [0.2, 0.25) is 0 Å². The van der Waals surface area contributed by atoms with Gasteiger partial charge in [-0.1, -0.05) is 12.8 Å². The van der Waals surface area contributed by atoms with E-state index in [0.29, 0.717) is 12.5 Å². The van der Waals surface area contributed by atoms with Gasteiger partial charge in [-0.15, -0.1) is 0 Å². The molecule has 1 saturated carbocycles. The van der Waals surface area contributed by atoms with Crippen molar-refractivity contribution in [3.05, 3.63) is 6.20 Å². The van der Waals surface area contributed by atoms with E-state index in [-0.39, 0.29) is 16.8 Å². The average Bonchev–Trinajstić information content (AvgIpc) is 3.09. The first-order valence-electron chi connectivity index (χ1n) is 6.91. The smallest absolute Gasteiger partial charge is 0.248 e. The van der Waals surface area contributed by atoms with Crippen molar-refractivity contribution in [3.8, 4) is 0 Å². The third-order valence-electron chi connectivity index (χ3n) is 4.41. The lowest BCUT2D eigenvalue weighted by Crippen LogP contribution is -2.39. The summed E-state index contributed by atoms with van der Waals surface area (Å²) in [4.78, 5) is 0.123. The second-order valence-corrected chi connectivity index (χ2v) is 7.38. The first kappa shape index (κ1) is 12.9. The Hall–Kier alpha value is -1.08. The van der Waals surface area contributed by atoms with Crippen LogP contribution in [0.1, 0.15) is 38.5 Å². The molecule has 19 heavy (non-hydrogen) atoms. The number of sulfonamides is 1. The van der Waals surface area contributed by atoms with Gasteiger partial charge in [-0.25, -0.2) is 8.42 Å². The predicted molar refractivity (Wildman–Crippen MR) is 71.9 cm³/mol. The van der Waals surface area contributed by atoms with E-state index in [1.54, 1.807) is 4.31 Å². The zero-order valence-corrected chi connectivity index (χ0v) is 11.7. The van der Waals surface area contributed by atoms with E-state index in [1.807, 2.05) is 0 Å². The number of nitrogens with one attached hydrogen (secondary N) is 1. The van der Waals surface area contributed by atoms with Crippen molar-refractivity contribution in [2.75, 3.05) is 12.3 Å². The van der Waals surface area contributed by atoms with Crippen molar-refractivity contribution < 1.29 is 8.42 Å². The monoisotopic (exact) mass is 284 g/mol. The van der Waals surface area contributed by atoms with Gasteiger partial charge >= 0.3 is 0 Å². The van der Waals surface area contributed by atoms with Crippen molar-refractivity contribution in [2.24, 2.45) is 5.92 Å². The maximum absolute atomic E-state index is 12.7. The normalized spacial score (nSPS) is 26.2. The average molecular weight is 284 g/mol. The van der Waals surface area contributed by atoms with E-state index in [4.69, 9.17) is 5.73 Å². The molecule has 2 heterocycles. The van der Waals surface area contributed by atoms with Crippen LogP contribution >= 0.6 is 0 Å². The fourth-order valence-corrected chi connectivity index (χ4v) is 5.26. The molecular formula is C12H20N4O2S. The van der Waals surface area contributed by atoms with Crippen LogP contribution < -0.4 is 5.73 Å². The summed E-state index contributed by atoms with van der Waals surface area (Å²) in [6.45, 7) is 0.605. The maximum Gasteiger partial charge on any atom is 0.248 e. The Kier molecular flexibility index (Phi) is 3.26. The predicted octanol–water partition coefficient (Wildman–Crippen LogP) is 1.34. The highest BCUT2D eigenvalue weighted by atomic mass is 32.2. The molecule has 106 valence electrons. The second-order valence-electron chi connectivity index (χ2n) is 5.52. The Balaban J connectivity index is 1.90. The van der Waals surface area contributed by atoms with Gasteiger partial charge in [0, 0.05) is 12.6 Å². The Labute approximate surface area is 113 Å². The molecule has 0 bridgehead atoms. The minimum Gasteiger partial charge on any atom is -0.383 e. The van der Waals surface area contributed by atoms with Crippen LogP contribution in [0, 0.1) is 5.92 Å². The summed E-state index contributed by atoms with van der Waals surface area (Å²) in [5.74, 6) is 0.655. The third-order valence-corrected chi connectivity index (χ3v) is 6.36. The number of rotatable bonds is 3. The number of aromatic nitrogens is 2. The minimum atomic E-state index is -3.50. The maximum atomic E-state index is 12.7. The molecule has 6 nitrogen and oxygen atoms in total. The summed E-state index contributed by atoms with van der Waals surface area (Å²) in [6.07, 6.45) is 7.98. The molecule has 0 aromatic carbocycles. The summed E-state index contributed by atoms with van der Waals surface area (Å²) >= 11 is 0. The Morgan fingerprint density at radius 1 is 1.26 bits per heavy atom. The summed E-state index contributed by atoms with van der Waals surface area (Å²) in [7, 11) is -3.50. The van der Waals surface area contributed by atoms with Gasteiger partial charge in [0.25, 0.3) is 0 Å². The van der Waals surface area contributed by atoms with Crippen molar-refractivity contribution in [1.82, 2.24) is 14.5 Å². The van der Waals surface area contributed by atoms with Crippen LogP contribution in [-0.2, 0) is 10.0 Å². The Morgan fingerprint density at radius 3 is 2.63 bits per heavy atom. The molecule has 3 N–H and O–H groups in total. The second kappa shape index (κ2) is 4.79. The van der Waals surface area contributed by atoms with Gasteiger partial charge in [-0.3, -0.25) is 5.10 Å². The van der Waals surface area contributed by atoms with Crippen molar-refractivity contribution in [1.29, 1.82) is 0 Å². The number of hydrogen-bond donors (Lipinski definition) is 2. The molecule has 0 radical (unpaired) electrons. The first-order chi connectivity index (χ1) is 9.10. The fourth-order valence-electron chi connectivity index (χ4n) is 3.49. The molecule has 1 atom stereocenters. The van der Waals surface area contributed by atoms with Crippen LogP contribution in [-0.4, -0.2) is 35.5 Å². The van der Waals surface area contributed by atoms with Gasteiger partial charge in [0.05, 0.1) is 6.20 Å². The van der Waals surface area contributed by atoms with E-state index in [0.717, 1.165) is 25.7 Å². The van der Waals surface area contributed by atoms with E-state index >= 15 is 0 Å². The zero-order valence-electron chi connectivity index (χ0n) is 10.9. The molecule has 0 spiro atoms. The summed E-state index contributed by atoms with van der Waals surface area (Å²) in [5.41, 5.74) is 5.67. The lowest BCUT2D eigenvalue weighted by molar-refractivity contribution is 0.288. The van der Waals surface area contributed by atoms with Crippen LogP contribution in [0.4, 0.5) is 5.82 Å². The summed E-state index contributed by atoms with van der Waals surface area (Å²) < 4.78 is 27.0. The van der Waals surface area contributed by atoms with Crippen LogP contribution in [0.25, 0.3) is 0 Å². The van der Waals surface area contributed by atoms with Crippen molar-refractivity contribution >= 4 is 15.8 Å². The highest BCUT2D eigenvalue weighted by Gasteiger charge is 2.41. The Bertz CT molecular complexity index is 548. The molecule has 2 aliphatic rings. The van der Waals surface area contributed by atoms with Gasteiger partial charge in [0.15, 0.2) is 0 Å². The van der Waals surface area contributed by atoms with Crippen molar-refractivity contribution in [3.63, 3.8) is 0 Å². The molecule has 1 saturated heterocycles. The quantitative estimate of drug-likeness (QED) is 0.876. The Morgan fingerprint density at radius 2 is 2.00 bits per heavy atom. The number of aromatic amines is 1. The lowest BCUT2D eigenvalue weighted by atomic mass is 9.97. The number of nitrogen functional groups attached to an aromatic ring is 1. The van der Waals surface area contributed by atoms with Gasteiger partial charge in [0.1, 0.15) is 10.7 Å². The molecule has 1 aliphatic carbocycles. The van der Waals surface area contributed by atoms with E-state index in [1.165, 1.54) is 19.0 Å². The van der Waals surface area contributed by atoms with Gasteiger partial charge in [-0.2, -0.15) is 9.40 Å². The standard InChI is InChI=1S/C12H20N4O2S/c13-12-11(8-14-15-12)19(17,18)16-7-3-6-10(16)9-4-1-2-5-9/h8-10H,1-7H2,(H3,13,14,15). The number of nitrogens with zero attached hydrogens (tertiary/aromatic N) is 2. The van der Waals surface area contributed by atoms with E-state index in [2.05, 4.69) is 10.2 Å². The zero-order chi connectivity index (χ0) is 13.5. The fraction of sp³-hybridized carbons (Fsp3) is 0.750. The molecule has 0 amide bonds. The first-order valence-corrected chi connectivity index (χ1v) is 8.35. The molecular weight excluding hydrogens is 264 g/mol. The van der Waals surface area contributed by atoms with Crippen LogP contribution in [0.5, 0.6) is 0 Å². The minimum absolute atomic E-state index is 0.123. The SMILES string of the molecule is Nc1[nH]ncc1S(=O)(=O)N1CCCC1C1CCCC1. The van der Waals surface area contributed by atoms with Gasteiger partial charge < -0.3 is 5.73 Å². The summed E-state index contributed by atoms with van der Waals surface area (Å²) in [6, 6.07) is 0.154. The number of anilines is 1. The van der Waals surface area contributed by atoms with Crippen LogP contribution in [0.3, 0.4) is 0 Å². The summed E-state index contributed by atoms with van der Waals surface area (Å²) in [5, 5.41) is 6.23. The molecule has 7 heteroatoms. The highest BCUT2D eigenvalue weighted by Crippen LogP contribution is 2.38. The number of hydrogen-bond acceptors (Lipinski definition) is 4.